The van der Waals surface area contributed by atoms with Gasteiger partial charge in [0, 0.05) is 5.56 Å². The van der Waals surface area contributed by atoms with Crippen molar-refractivity contribution in [1.29, 1.82) is 0 Å². The van der Waals surface area contributed by atoms with Gasteiger partial charge in [-0.25, -0.2) is 0 Å². The summed E-state index contributed by atoms with van der Waals surface area (Å²) < 4.78 is 37.5. The lowest BCUT2D eigenvalue weighted by molar-refractivity contribution is -0.140. The third-order valence-corrected chi connectivity index (χ3v) is 3.22. The Bertz CT molecular complexity index is 658. The number of rotatable bonds is 3. The van der Waals surface area contributed by atoms with E-state index in [0.29, 0.717) is 6.42 Å². The van der Waals surface area contributed by atoms with Crippen LogP contribution in [0.3, 0.4) is 0 Å². The largest absolute Gasteiger partial charge is 0.481 e. The zero-order valence-electron chi connectivity index (χ0n) is 11.3. The van der Waals surface area contributed by atoms with Gasteiger partial charge < -0.3 is 10.4 Å². The third-order valence-electron chi connectivity index (χ3n) is 3.22. The highest BCUT2D eigenvalue weighted by Crippen LogP contribution is 2.38. The van der Waals surface area contributed by atoms with E-state index in [9.17, 15) is 22.8 Å². The highest BCUT2D eigenvalue weighted by molar-refractivity contribution is 5.89. The molecule has 2 unspecified atom stereocenters. The molecule has 1 saturated carbocycles. The summed E-state index contributed by atoms with van der Waals surface area (Å²) >= 11 is 0. The molecule has 0 aromatic heterocycles. The normalized spacial score (nSPS) is 19.8. The number of benzene rings is 1. The molecule has 0 radical (unpaired) electrons. The van der Waals surface area contributed by atoms with Crippen molar-refractivity contribution in [2.75, 3.05) is 6.54 Å². The molecule has 0 heterocycles. The van der Waals surface area contributed by atoms with Crippen molar-refractivity contribution >= 4 is 11.9 Å². The maximum absolute atomic E-state index is 12.5. The molecule has 1 aromatic rings. The minimum Gasteiger partial charge on any atom is -0.481 e. The molecule has 1 aliphatic rings. The van der Waals surface area contributed by atoms with Crippen molar-refractivity contribution in [3.8, 4) is 11.8 Å². The number of halogens is 3. The number of carboxylic acid groups (broad SMARTS) is 1. The number of hydrogen-bond donors (Lipinski definition) is 2. The molecule has 1 fully saturated rings. The van der Waals surface area contributed by atoms with Gasteiger partial charge in [0.2, 0.25) is 5.91 Å². The van der Waals surface area contributed by atoms with Crippen molar-refractivity contribution < 1.29 is 27.9 Å². The van der Waals surface area contributed by atoms with E-state index in [-0.39, 0.29) is 12.1 Å². The van der Waals surface area contributed by atoms with Gasteiger partial charge in [-0.1, -0.05) is 17.9 Å². The first-order valence-corrected chi connectivity index (χ1v) is 6.45. The van der Waals surface area contributed by atoms with E-state index in [2.05, 4.69) is 17.2 Å². The van der Waals surface area contributed by atoms with E-state index in [1.54, 1.807) is 0 Å². The quantitative estimate of drug-likeness (QED) is 0.838. The van der Waals surface area contributed by atoms with Crippen molar-refractivity contribution in [2.45, 2.75) is 12.6 Å². The first kappa shape index (κ1) is 15.9. The second-order valence-electron chi connectivity index (χ2n) is 4.89. The number of carbonyl (C=O) groups is 2. The number of alkyl halides is 3. The van der Waals surface area contributed by atoms with Gasteiger partial charge in [0.15, 0.2) is 0 Å². The number of amides is 1. The van der Waals surface area contributed by atoms with Gasteiger partial charge >= 0.3 is 12.1 Å². The van der Waals surface area contributed by atoms with Crippen molar-refractivity contribution in [3.63, 3.8) is 0 Å². The molecule has 116 valence electrons. The Morgan fingerprint density at radius 3 is 2.64 bits per heavy atom. The average Bonchev–Trinajstić information content (AvgIpc) is 3.23. The molecular weight excluding hydrogens is 299 g/mol. The SMILES string of the molecule is O=C(O)C1CC1C(=O)NCC#Cc1cccc(C(F)(F)F)c1. The van der Waals surface area contributed by atoms with Crippen LogP contribution in [-0.2, 0) is 15.8 Å². The zero-order valence-corrected chi connectivity index (χ0v) is 11.3. The summed E-state index contributed by atoms with van der Waals surface area (Å²) in [6, 6.07) is 4.57. The first-order chi connectivity index (χ1) is 10.3. The van der Waals surface area contributed by atoms with Crippen LogP contribution in [0.1, 0.15) is 17.5 Å². The average molecular weight is 311 g/mol. The number of carboxylic acids is 1. The van der Waals surface area contributed by atoms with Crippen LogP contribution in [-0.4, -0.2) is 23.5 Å². The maximum Gasteiger partial charge on any atom is 0.416 e. The van der Waals surface area contributed by atoms with Crippen LogP contribution in [0.4, 0.5) is 13.2 Å². The lowest BCUT2D eigenvalue weighted by Crippen LogP contribution is -2.26. The number of hydrogen-bond acceptors (Lipinski definition) is 2. The predicted octanol–water partition coefficient (Wildman–Crippen LogP) is 1.89. The molecule has 0 saturated heterocycles. The van der Waals surface area contributed by atoms with E-state index >= 15 is 0 Å². The number of aliphatic carboxylic acids is 1. The number of nitrogens with one attached hydrogen (secondary N) is 1. The summed E-state index contributed by atoms with van der Waals surface area (Å²) in [4.78, 5) is 22.1. The van der Waals surface area contributed by atoms with Gasteiger partial charge in [-0.3, -0.25) is 9.59 Å². The fraction of sp³-hybridized carbons (Fsp3) is 0.333. The Hall–Kier alpha value is -2.49. The summed E-state index contributed by atoms with van der Waals surface area (Å²) in [5.41, 5.74) is -0.593. The van der Waals surface area contributed by atoms with Crippen LogP contribution in [0.5, 0.6) is 0 Å². The van der Waals surface area contributed by atoms with E-state index < -0.39 is 35.5 Å². The molecule has 0 spiro atoms. The molecule has 2 rings (SSSR count). The molecule has 2 N–H and O–H groups in total. The molecule has 2 atom stereocenters. The standard InChI is InChI=1S/C15H12F3NO3/c16-15(17,18)10-5-1-3-9(7-10)4-2-6-19-13(20)11-8-12(11)14(21)22/h1,3,5,7,11-12H,6,8H2,(H,19,20)(H,21,22). The Morgan fingerprint density at radius 2 is 2.05 bits per heavy atom. The van der Waals surface area contributed by atoms with Crippen LogP contribution in [0.2, 0.25) is 0 Å². The Labute approximate surface area is 124 Å². The zero-order chi connectivity index (χ0) is 16.3. The fourth-order valence-electron chi connectivity index (χ4n) is 1.94. The molecule has 22 heavy (non-hydrogen) atoms. The smallest absolute Gasteiger partial charge is 0.416 e. The molecule has 7 heteroatoms. The van der Waals surface area contributed by atoms with Gasteiger partial charge in [0.1, 0.15) is 0 Å². The van der Waals surface area contributed by atoms with Crippen molar-refractivity contribution in [3.05, 3.63) is 35.4 Å². The minimum atomic E-state index is -4.43. The second-order valence-corrected chi connectivity index (χ2v) is 4.89. The summed E-state index contributed by atoms with van der Waals surface area (Å²) in [5, 5.41) is 11.1. The van der Waals surface area contributed by atoms with Gasteiger partial charge in [0.25, 0.3) is 0 Å². The van der Waals surface area contributed by atoms with Gasteiger partial charge in [-0.2, -0.15) is 13.2 Å². The molecule has 4 nitrogen and oxygen atoms in total. The summed E-state index contributed by atoms with van der Waals surface area (Å²) in [7, 11) is 0. The maximum atomic E-state index is 12.5. The van der Waals surface area contributed by atoms with E-state index in [0.717, 1.165) is 12.1 Å². The number of carbonyl (C=O) groups excluding carboxylic acids is 1. The minimum absolute atomic E-state index is 0.0437. The highest BCUT2D eigenvalue weighted by Gasteiger charge is 2.48. The van der Waals surface area contributed by atoms with Gasteiger partial charge in [0.05, 0.1) is 23.9 Å². The molecule has 1 amide bonds. The molecular formula is C15H12F3NO3. The molecule has 1 aromatic carbocycles. The van der Waals surface area contributed by atoms with Crippen molar-refractivity contribution in [1.82, 2.24) is 5.32 Å². The highest BCUT2D eigenvalue weighted by atomic mass is 19.4. The Morgan fingerprint density at radius 1 is 1.32 bits per heavy atom. The van der Waals surface area contributed by atoms with Crippen LogP contribution in [0.15, 0.2) is 24.3 Å². The predicted molar refractivity (Wildman–Crippen MR) is 70.6 cm³/mol. The lowest BCUT2D eigenvalue weighted by Gasteiger charge is -2.05. The monoisotopic (exact) mass is 311 g/mol. The molecule has 0 bridgehead atoms. The summed E-state index contributed by atoms with van der Waals surface area (Å²) in [6.45, 7) is -0.0437. The van der Waals surface area contributed by atoms with Crippen LogP contribution >= 0.6 is 0 Å². The van der Waals surface area contributed by atoms with Crippen LogP contribution < -0.4 is 5.32 Å². The molecule has 0 aliphatic heterocycles. The van der Waals surface area contributed by atoms with E-state index in [1.807, 2.05) is 0 Å². The second kappa shape index (κ2) is 6.10. The van der Waals surface area contributed by atoms with Gasteiger partial charge in [-0.05, 0) is 24.6 Å². The molecule has 1 aliphatic carbocycles. The van der Waals surface area contributed by atoms with Crippen LogP contribution in [0, 0.1) is 23.7 Å². The summed E-state index contributed by atoms with van der Waals surface area (Å²) in [6.07, 6.45) is -4.12. The summed E-state index contributed by atoms with van der Waals surface area (Å²) in [5.74, 6) is 2.49. The van der Waals surface area contributed by atoms with Crippen molar-refractivity contribution in [2.24, 2.45) is 11.8 Å². The van der Waals surface area contributed by atoms with E-state index in [4.69, 9.17) is 5.11 Å². The van der Waals surface area contributed by atoms with Gasteiger partial charge in [-0.15, -0.1) is 0 Å². The third kappa shape index (κ3) is 4.01. The fourth-order valence-corrected chi connectivity index (χ4v) is 1.94. The topological polar surface area (TPSA) is 66.4 Å². The Balaban J connectivity index is 1.87. The van der Waals surface area contributed by atoms with Crippen LogP contribution in [0.25, 0.3) is 0 Å². The Kier molecular flexibility index (Phi) is 4.40. The van der Waals surface area contributed by atoms with E-state index in [1.165, 1.54) is 12.1 Å². The first-order valence-electron chi connectivity index (χ1n) is 6.45. The lowest BCUT2D eigenvalue weighted by atomic mass is 10.1.